The van der Waals surface area contributed by atoms with Crippen molar-refractivity contribution in [3.05, 3.63) is 17.4 Å². The predicted octanol–water partition coefficient (Wildman–Crippen LogP) is 0.298. The van der Waals surface area contributed by atoms with Crippen LogP contribution < -0.4 is 10.9 Å². The topological polar surface area (TPSA) is 68.9 Å². The highest BCUT2D eigenvalue weighted by atomic mass is 33.1. The first-order chi connectivity index (χ1) is 6.34. The van der Waals surface area contributed by atoms with Gasteiger partial charge in [0.2, 0.25) is 0 Å². The molecule has 6 nitrogen and oxygen atoms in total. The van der Waals surface area contributed by atoms with Crippen LogP contribution in [0.25, 0.3) is 0 Å². The summed E-state index contributed by atoms with van der Waals surface area (Å²) in [6.45, 7) is 0. The summed E-state index contributed by atoms with van der Waals surface area (Å²) in [6.07, 6.45) is 3.57. The predicted molar refractivity (Wildman–Crippen MR) is 51.9 cm³/mol. The number of nitrogens with zero attached hydrogens (tertiary/aromatic N) is 3. The monoisotopic (exact) mass is 216 g/mol. The molecule has 0 radical (unpaired) electrons. The molecule has 0 spiro atoms. The van der Waals surface area contributed by atoms with E-state index in [1.165, 1.54) is 0 Å². The Kier molecular flexibility index (Phi) is 2.62. The van der Waals surface area contributed by atoms with E-state index in [1.807, 2.05) is 13.2 Å². The van der Waals surface area contributed by atoms with Crippen LogP contribution in [-0.2, 0) is 0 Å². The fourth-order valence-electron chi connectivity index (χ4n) is 0.747. The third kappa shape index (κ3) is 2.29. The van der Waals surface area contributed by atoms with Gasteiger partial charge in [0.05, 0.1) is 6.20 Å². The largest absolute Gasteiger partial charge is 0.306 e. The van der Waals surface area contributed by atoms with Crippen LogP contribution in [0, 0.1) is 0 Å². The molecular formula is C5H8N6S2. The van der Waals surface area contributed by atoms with Crippen molar-refractivity contribution >= 4 is 21.6 Å². The third-order valence-corrected chi connectivity index (χ3v) is 3.42. The summed E-state index contributed by atoms with van der Waals surface area (Å²) in [6, 6.07) is 0. The Morgan fingerprint density at radius 1 is 1.46 bits per heavy atom. The molecule has 0 saturated heterocycles. The van der Waals surface area contributed by atoms with Gasteiger partial charge in [-0.2, -0.15) is 10.3 Å². The highest BCUT2D eigenvalue weighted by molar-refractivity contribution is 8.78. The molecule has 0 atom stereocenters. The number of aromatic nitrogens is 3. The van der Waals surface area contributed by atoms with Crippen LogP contribution in [0.15, 0.2) is 22.5 Å². The quantitative estimate of drug-likeness (QED) is 0.628. The lowest BCUT2D eigenvalue weighted by atomic mass is 11.0. The fourth-order valence-corrected chi connectivity index (χ4v) is 2.39. The molecule has 0 amide bonds. The normalized spacial score (nSPS) is 16.5. The molecule has 1 aromatic rings. The Balaban J connectivity index is 1.81. The maximum Gasteiger partial charge on any atom is 0.149 e. The number of H-pyrrole nitrogens is 1. The number of hydrogen-bond acceptors (Lipinski definition) is 7. The van der Waals surface area contributed by atoms with Crippen molar-refractivity contribution in [2.45, 2.75) is 5.03 Å². The molecule has 0 fully saturated rings. The average Bonchev–Trinajstić information content (AvgIpc) is 2.71. The molecule has 0 saturated carbocycles. The Bertz CT molecular complexity index is 296. The standard InChI is InChI=1S/C5H8N6S2/c1-11-7-3-5(9-11)13-12-4-2-6-10-8-4/h2-3,7,9H,1H3,(H,6,8,10). The highest BCUT2D eigenvalue weighted by Gasteiger charge is 2.09. The molecule has 0 aromatic carbocycles. The maximum atomic E-state index is 3.91. The van der Waals surface area contributed by atoms with Crippen molar-refractivity contribution < 1.29 is 0 Å². The molecule has 1 aliphatic heterocycles. The smallest absolute Gasteiger partial charge is 0.149 e. The summed E-state index contributed by atoms with van der Waals surface area (Å²) in [5.74, 6) is 0. The lowest BCUT2D eigenvalue weighted by molar-refractivity contribution is 0.245. The Hall–Kier alpha value is -0.860. The van der Waals surface area contributed by atoms with Crippen molar-refractivity contribution in [3.8, 4) is 0 Å². The van der Waals surface area contributed by atoms with Crippen LogP contribution in [0.4, 0.5) is 0 Å². The Labute approximate surface area is 82.9 Å². The zero-order chi connectivity index (χ0) is 9.10. The van der Waals surface area contributed by atoms with E-state index < -0.39 is 0 Å². The van der Waals surface area contributed by atoms with Crippen molar-refractivity contribution in [1.29, 1.82) is 0 Å². The van der Waals surface area contributed by atoms with Gasteiger partial charge in [-0.3, -0.25) is 5.43 Å². The van der Waals surface area contributed by atoms with Gasteiger partial charge in [-0.1, -0.05) is 0 Å². The van der Waals surface area contributed by atoms with Crippen molar-refractivity contribution in [2.24, 2.45) is 0 Å². The van der Waals surface area contributed by atoms with E-state index in [4.69, 9.17) is 0 Å². The highest BCUT2D eigenvalue weighted by Crippen LogP contribution is 2.34. The second kappa shape index (κ2) is 3.90. The molecule has 2 rings (SSSR count). The van der Waals surface area contributed by atoms with Gasteiger partial charge in [-0.05, 0) is 21.6 Å². The summed E-state index contributed by atoms with van der Waals surface area (Å²) >= 11 is 0. The second-order valence-electron chi connectivity index (χ2n) is 2.28. The van der Waals surface area contributed by atoms with Crippen molar-refractivity contribution in [3.63, 3.8) is 0 Å². The summed E-state index contributed by atoms with van der Waals surface area (Å²) in [5.41, 5.74) is 6.07. The lowest BCUT2D eigenvalue weighted by Crippen LogP contribution is -2.34. The summed E-state index contributed by atoms with van der Waals surface area (Å²) < 4.78 is 0. The van der Waals surface area contributed by atoms with E-state index >= 15 is 0 Å². The first kappa shape index (κ1) is 8.73. The third-order valence-electron chi connectivity index (χ3n) is 1.28. The zero-order valence-corrected chi connectivity index (χ0v) is 8.45. The van der Waals surface area contributed by atoms with Gasteiger partial charge in [0.25, 0.3) is 0 Å². The molecule has 1 aliphatic rings. The van der Waals surface area contributed by atoms with E-state index in [0.29, 0.717) is 0 Å². The second-order valence-corrected chi connectivity index (χ2v) is 4.47. The molecule has 70 valence electrons. The first-order valence-electron chi connectivity index (χ1n) is 3.51. The van der Waals surface area contributed by atoms with E-state index in [-0.39, 0.29) is 0 Å². The Morgan fingerprint density at radius 2 is 2.38 bits per heavy atom. The van der Waals surface area contributed by atoms with Gasteiger partial charge in [0.1, 0.15) is 10.1 Å². The SMILES string of the molecule is CN1NC=C(SSc2cn[nH]n2)N1. The molecule has 2 heterocycles. The number of nitrogens with one attached hydrogen (secondary N) is 3. The first-order valence-corrected chi connectivity index (χ1v) is 5.66. The summed E-state index contributed by atoms with van der Waals surface area (Å²) in [4.78, 5) is 0. The van der Waals surface area contributed by atoms with Crippen LogP contribution in [-0.4, -0.2) is 27.6 Å². The molecule has 1 aromatic heterocycles. The van der Waals surface area contributed by atoms with Gasteiger partial charge >= 0.3 is 0 Å². The van der Waals surface area contributed by atoms with Crippen LogP contribution in [0.2, 0.25) is 0 Å². The minimum atomic E-state index is 0.863. The Morgan fingerprint density at radius 3 is 3.00 bits per heavy atom. The van der Waals surface area contributed by atoms with E-state index in [9.17, 15) is 0 Å². The molecule has 8 heteroatoms. The van der Waals surface area contributed by atoms with Gasteiger partial charge in [-0.25, -0.2) is 0 Å². The molecular weight excluding hydrogens is 208 g/mol. The van der Waals surface area contributed by atoms with E-state index in [2.05, 4.69) is 26.3 Å². The lowest BCUT2D eigenvalue weighted by Gasteiger charge is -2.09. The van der Waals surface area contributed by atoms with E-state index in [0.717, 1.165) is 10.1 Å². The van der Waals surface area contributed by atoms with Crippen LogP contribution in [0.1, 0.15) is 0 Å². The zero-order valence-electron chi connectivity index (χ0n) is 6.81. The molecule has 0 bridgehead atoms. The minimum Gasteiger partial charge on any atom is -0.306 e. The van der Waals surface area contributed by atoms with E-state index in [1.54, 1.807) is 32.9 Å². The van der Waals surface area contributed by atoms with Crippen LogP contribution >= 0.6 is 21.6 Å². The number of hydrazine groups is 2. The number of hydrogen-bond donors (Lipinski definition) is 3. The molecule has 13 heavy (non-hydrogen) atoms. The van der Waals surface area contributed by atoms with Gasteiger partial charge in [0, 0.05) is 13.2 Å². The van der Waals surface area contributed by atoms with Crippen molar-refractivity contribution in [2.75, 3.05) is 7.05 Å². The molecule has 0 unspecified atom stereocenters. The van der Waals surface area contributed by atoms with Gasteiger partial charge in [0.15, 0.2) is 0 Å². The summed E-state index contributed by atoms with van der Waals surface area (Å²) in [5, 5.41) is 13.8. The molecule has 3 N–H and O–H groups in total. The van der Waals surface area contributed by atoms with Crippen LogP contribution in [0.3, 0.4) is 0 Å². The van der Waals surface area contributed by atoms with Crippen LogP contribution in [0.5, 0.6) is 0 Å². The summed E-state index contributed by atoms with van der Waals surface area (Å²) in [7, 11) is 5.02. The van der Waals surface area contributed by atoms with Gasteiger partial charge in [-0.15, -0.1) is 10.2 Å². The number of aromatic amines is 1. The minimum absolute atomic E-state index is 0.863. The van der Waals surface area contributed by atoms with Gasteiger partial charge < -0.3 is 5.43 Å². The molecule has 0 aliphatic carbocycles. The van der Waals surface area contributed by atoms with Crippen molar-refractivity contribution in [1.82, 2.24) is 31.4 Å². The maximum absolute atomic E-state index is 3.91. The average molecular weight is 216 g/mol. The fraction of sp³-hybridized carbons (Fsp3) is 0.200. The number of rotatable bonds is 3.